The van der Waals surface area contributed by atoms with Gasteiger partial charge in [0.05, 0.1) is 16.7 Å². The van der Waals surface area contributed by atoms with Crippen molar-refractivity contribution in [3.63, 3.8) is 0 Å². The average molecular weight is 760 g/mol. The molecule has 9 aromatic carbocycles. The van der Waals surface area contributed by atoms with Gasteiger partial charge in [0, 0.05) is 65.1 Å². The topological polar surface area (TPSA) is 11.4 Å². The highest BCUT2D eigenvalue weighted by Gasteiger charge is 2.23. The van der Waals surface area contributed by atoms with E-state index in [9.17, 15) is 0 Å². The van der Waals surface area contributed by atoms with Gasteiger partial charge in [-0.15, -0.1) is 11.3 Å². The van der Waals surface area contributed by atoms with Crippen LogP contribution >= 0.6 is 11.3 Å². The van der Waals surface area contributed by atoms with Crippen LogP contribution in [0.25, 0.3) is 58.8 Å². The Kier molecular flexibility index (Phi) is 8.34. The Bertz CT molecular complexity index is 3170. The first kappa shape index (κ1) is 33.9. The number of aromatic nitrogens is 1. The summed E-state index contributed by atoms with van der Waals surface area (Å²) in [6.07, 6.45) is 0. The molecule has 0 amide bonds. The van der Waals surface area contributed by atoms with Crippen molar-refractivity contribution in [2.75, 3.05) is 9.80 Å². The highest BCUT2D eigenvalue weighted by molar-refractivity contribution is 7.25. The maximum absolute atomic E-state index is 2.42. The predicted molar refractivity (Wildman–Crippen MR) is 248 cm³/mol. The molecule has 11 rings (SSSR count). The van der Waals surface area contributed by atoms with E-state index in [2.05, 4.69) is 239 Å². The fourth-order valence-corrected chi connectivity index (χ4v) is 9.67. The third kappa shape index (κ3) is 5.82. The minimum absolute atomic E-state index is 1.10. The fourth-order valence-electron chi connectivity index (χ4n) is 8.53. The van der Waals surface area contributed by atoms with Gasteiger partial charge in [0.1, 0.15) is 0 Å². The summed E-state index contributed by atoms with van der Waals surface area (Å²) in [4.78, 5) is 4.77. The standard InChI is InChI=1S/C54H37N3S/c1-5-17-40(18-6-1)55(45-33-34-47-46-25-14-16-28-52(46)58-53(47)37-45)44-31-29-38(30-32-44)39-35-50(56(41-19-7-2-8-20-41)42-21-9-3-10-22-42)54-48-26-13-15-27-49(48)57(51(54)36-39)43-23-11-4-12-24-43/h1-37H. The third-order valence-corrected chi connectivity index (χ3v) is 12.3. The van der Waals surface area contributed by atoms with E-state index in [-0.39, 0.29) is 0 Å². The summed E-state index contributed by atoms with van der Waals surface area (Å²) in [7, 11) is 0. The van der Waals surface area contributed by atoms with Crippen molar-refractivity contribution in [1.82, 2.24) is 4.57 Å². The lowest BCUT2D eigenvalue weighted by Crippen LogP contribution is -2.10. The molecule has 0 aliphatic heterocycles. The third-order valence-electron chi connectivity index (χ3n) is 11.1. The molecule has 11 aromatic rings. The van der Waals surface area contributed by atoms with Crippen molar-refractivity contribution in [3.8, 4) is 16.8 Å². The molecule has 0 fully saturated rings. The molecule has 4 heteroatoms. The van der Waals surface area contributed by atoms with Gasteiger partial charge in [-0.25, -0.2) is 0 Å². The maximum Gasteiger partial charge on any atom is 0.0568 e. The summed E-state index contributed by atoms with van der Waals surface area (Å²) in [6, 6.07) is 81.1. The van der Waals surface area contributed by atoms with Gasteiger partial charge in [-0.1, -0.05) is 127 Å². The lowest BCUT2D eigenvalue weighted by Gasteiger charge is -2.27. The molecule has 274 valence electrons. The van der Waals surface area contributed by atoms with Gasteiger partial charge >= 0.3 is 0 Å². The van der Waals surface area contributed by atoms with Crippen LogP contribution in [0.3, 0.4) is 0 Å². The molecular weight excluding hydrogens is 723 g/mol. The molecule has 0 atom stereocenters. The van der Waals surface area contributed by atoms with Gasteiger partial charge in [0.25, 0.3) is 0 Å². The molecule has 0 unspecified atom stereocenters. The minimum Gasteiger partial charge on any atom is -0.310 e. The molecule has 0 radical (unpaired) electrons. The number of rotatable bonds is 8. The molecule has 2 aromatic heterocycles. The van der Waals surface area contributed by atoms with Crippen LogP contribution in [-0.4, -0.2) is 4.57 Å². The molecule has 58 heavy (non-hydrogen) atoms. The summed E-state index contributed by atoms with van der Waals surface area (Å²) >= 11 is 1.85. The van der Waals surface area contributed by atoms with Crippen LogP contribution in [0.5, 0.6) is 0 Å². The van der Waals surface area contributed by atoms with Crippen LogP contribution in [-0.2, 0) is 0 Å². The SMILES string of the molecule is c1ccc(N(c2ccc(-c3cc(N(c4ccccc4)c4ccccc4)c4c5ccccc5n(-c5ccccc5)c4c3)cc2)c2ccc3c(c2)sc2ccccc23)cc1. The molecule has 2 heterocycles. The monoisotopic (exact) mass is 759 g/mol. The number of benzene rings is 9. The molecule has 0 saturated carbocycles. The second kappa shape index (κ2) is 14.3. The van der Waals surface area contributed by atoms with Crippen LogP contribution in [0.15, 0.2) is 224 Å². The summed E-state index contributed by atoms with van der Waals surface area (Å²) < 4.78 is 5.01. The number of nitrogens with zero attached hydrogens (tertiary/aromatic N) is 3. The fraction of sp³-hybridized carbons (Fsp3) is 0. The molecule has 3 nitrogen and oxygen atoms in total. The number of hydrogen-bond acceptors (Lipinski definition) is 3. The summed E-state index contributed by atoms with van der Waals surface area (Å²) in [5.74, 6) is 0. The van der Waals surface area contributed by atoms with Gasteiger partial charge in [-0.3, -0.25) is 0 Å². The Morgan fingerprint density at radius 3 is 1.52 bits per heavy atom. The van der Waals surface area contributed by atoms with E-state index in [1.54, 1.807) is 0 Å². The van der Waals surface area contributed by atoms with E-state index >= 15 is 0 Å². The summed E-state index contributed by atoms with van der Waals surface area (Å²) in [5.41, 5.74) is 12.4. The Morgan fingerprint density at radius 2 is 0.845 bits per heavy atom. The summed E-state index contributed by atoms with van der Waals surface area (Å²) in [5, 5.41) is 5.03. The average Bonchev–Trinajstić information content (AvgIpc) is 3.84. The summed E-state index contributed by atoms with van der Waals surface area (Å²) in [6.45, 7) is 0. The number of anilines is 6. The largest absolute Gasteiger partial charge is 0.310 e. The lowest BCUT2D eigenvalue weighted by atomic mass is 9.99. The van der Waals surface area contributed by atoms with Crippen molar-refractivity contribution in [2.24, 2.45) is 0 Å². The first-order valence-corrected chi connectivity index (χ1v) is 20.5. The predicted octanol–water partition coefficient (Wildman–Crippen LogP) is 15.8. The Morgan fingerprint density at radius 1 is 0.328 bits per heavy atom. The number of fused-ring (bicyclic) bond motifs is 6. The van der Waals surface area contributed by atoms with Gasteiger partial charge in [-0.2, -0.15) is 0 Å². The normalized spacial score (nSPS) is 11.4. The van der Waals surface area contributed by atoms with Crippen molar-refractivity contribution >= 4 is 87.4 Å². The number of para-hydroxylation sites is 5. The number of thiophene rings is 1. The second-order valence-corrected chi connectivity index (χ2v) is 15.7. The van der Waals surface area contributed by atoms with Gasteiger partial charge < -0.3 is 14.4 Å². The first-order chi connectivity index (χ1) is 28.8. The zero-order valence-electron chi connectivity index (χ0n) is 31.6. The molecule has 0 bridgehead atoms. The van der Waals surface area contributed by atoms with E-state index in [0.29, 0.717) is 0 Å². The molecule has 0 aliphatic rings. The van der Waals surface area contributed by atoms with E-state index in [1.165, 1.54) is 36.5 Å². The minimum atomic E-state index is 1.10. The molecule has 0 saturated heterocycles. The Balaban J connectivity index is 1.12. The second-order valence-electron chi connectivity index (χ2n) is 14.6. The Hall–Kier alpha value is -7.40. The quantitative estimate of drug-likeness (QED) is 0.153. The molecule has 0 N–H and O–H groups in total. The van der Waals surface area contributed by atoms with Crippen LogP contribution in [0.2, 0.25) is 0 Å². The van der Waals surface area contributed by atoms with E-state index in [4.69, 9.17) is 0 Å². The number of hydrogen-bond donors (Lipinski definition) is 0. The molecule has 0 aliphatic carbocycles. The first-order valence-electron chi connectivity index (χ1n) is 19.7. The van der Waals surface area contributed by atoms with Gasteiger partial charge in [0.2, 0.25) is 0 Å². The highest BCUT2D eigenvalue weighted by atomic mass is 32.1. The molecular formula is C54H37N3S. The maximum atomic E-state index is 2.42. The van der Waals surface area contributed by atoms with E-state index in [1.807, 2.05) is 11.3 Å². The van der Waals surface area contributed by atoms with E-state index < -0.39 is 0 Å². The Labute approximate surface area is 341 Å². The van der Waals surface area contributed by atoms with Crippen molar-refractivity contribution in [2.45, 2.75) is 0 Å². The van der Waals surface area contributed by atoms with Gasteiger partial charge in [0.15, 0.2) is 0 Å². The smallest absolute Gasteiger partial charge is 0.0568 e. The van der Waals surface area contributed by atoms with Crippen LogP contribution in [0, 0.1) is 0 Å². The van der Waals surface area contributed by atoms with Gasteiger partial charge in [-0.05, 0) is 108 Å². The zero-order chi connectivity index (χ0) is 38.4. The van der Waals surface area contributed by atoms with Crippen LogP contribution in [0.4, 0.5) is 34.1 Å². The lowest BCUT2D eigenvalue weighted by molar-refractivity contribution is 1.18. The zero-order valence-corrected chi connectivity index (χ0v) is 32.4. The van der Waals surface area contributed by atoms with Crippen molar-refractivity contribution in [3.05, 3.63) is 224 Å². The van der Waals surface area contributed by atoms with Crippen molar-refractivity contribution < 1.29 is 0 Å². The highest BCUT2D eigenvalue weighted by Crippen LogP contribution is 2.47. The van der Waals surface area contributed by atoms with Crippen LogP contribution < -0.4 is 9.80 Å². The molecule has 0 spiro atoms. The van der Waals surface area contributed by atoms with E-state index in [0.717, 1.165) is 56.5 Å². The van der Waals surface area contributed by atoms with Crippen LogP contribution in [0.1, 0.15) is 0 Å². The van der Waals surface area contributed by atoms with Crippen molar-refractivity contribution in [1.29, 1.82) is 0 Å².